The standard InChI is InChI=1S/C22H28O5S/c1-3-16(2)17-7-9-18(10-8-17)26-20-5-4-6-21(15-20)27-19-11-13-22(14-12-19)28(23,24)25/h7-14,16,20-21H,3-6,15H2,1-2H3,(H,23,24,25). The highest BCUT2D eigenvalue weighted by Crippen LogP contribution is 2.28. The van der Waals surface area contributed by atoms with Gasteiger partial charge in [-0.3, -0.25) is 4.55 Å². The van der Waals surface area contributed by atoms with Crippen LogP contribution in [0.1, 0.15) is 57.4 Å². The number of benzene rings is 2. The summed E-state index contributed by atoms with van der Waals surface area (Å²) in [5, 5.41) is 0. The van der Waals surface area contributed by atoms with E-state index in [2.05, 4.69) is 26.0 Å². The Kier molecular flexibility index (Phi) is 6.62. The third-order valence-corrected chi connectivity index (χ3v) is 6.23. The first-order chi connectivity index (χ1) is 13.3. The van der Waals surface area contributed by atoms with Crippen LogP contribution in [0.25, 0.3) is 0 Å². The van der Waals surface area contributed by atoms with Crippen molar-refractivity contribution in [1.82, 2.24) is 0 Å². The molecular formula is C22H28O5S. The third-order valence-electron chi connectivity index (χ3n) is 5.37. The highest BCUT2D eigenvalue weighted by atomic mass is 32.2. The molecule has 0 radical (unpaired) electrons. The van der Waals surface area contributed by atoms with Crippen molar-refractivity contribution >= 4 is 10.1 Å². The van der Waals surface area contributed by atoms with E-state index in [1.807, 2.05) is 12.1 Å². The molecule has 3 unspecified atom stereocenters. The molecule has 2 aromatic carbocycles. The van der Waals surface area contributed by atoms with E-state index in [1.165, 1.54) is 17.7 Å². The Hall–Kier alpha value is -2.05. The fraction of sp³-hybridized carbons (Fsp3) is 0.455. The summed E-state index contributed by atoms with van der Waals surface area (Å²) in [6.45, 7) is 4.41. The quantitative estimate of drug-likeness (QED) is 0.641. The monoisotopic (exact) mass is 404 g/mol. The van der Waals surface area contributed by atoms with Crippen molar-refractivity contribution in [3.8, 4) is 11.5 Å². The Morgan fingerprint density at radius 3 is 1.93 bits per heavy atom. The predicted molar refractivity (Wildman–Crippen MR) is 109 cm³/mol. The van der Waals surface area contributed by atoms with E-state index < -0.39 is 10.1 Å². The van der Waals surface area contributed by atoms with Gasteiger partial charge in [0, 0.05) is 6.42 Å². The zero-order valence-electron chi connectivity index (χ0n) is 16.4. The molecule has 0 aliphatic heterocycles. The van der Waals surface area contributed by atoms with Gasteiger partial charge in [-0.15, -0.1) is 0 Å². The Labute approximate surface area is 167 Å². The topological polar surface area (TPSA) is 72.8 Å². The normalized spacial score (nSPS) is 21.1. The molecule has 1 aliphatic rings. The van der Waals surface area contributed by atoms with Crippen LogP contribution in [0.15, 0.2) is 53.4 Å². The predicted octanol–water partition coefficient (Wildman–Crippen LogP) is 5.22. The maximum absolute atomic E-state index is 11.1. The number of hydrogen-bond donors (Lipinski definition) is 1. The number of rotatable bonds is 7. The third kappa shape index (κ3) is 5.49. The van der Waals surface area contributed by atoms with Crippen molar-refractivity contribution in [2.45, 2.75) is 69.0 Å². The van der Waals surface area contributed by atoms with Crippen LogP contribution >= 0.6 is 0 Å². The van der Waals surface area contributed by atoms with Crippen molar-refractivity contribution in [1.29, 1.82) is 0 Å². The van der Waals surface area contributed by atoms with Gasteiger partial charge in [-0.05, 0) is 73.6 Å². The van der Waals surface area contributed by atoms with E-state index in [4.69, 9.17) is 14.0 Å². The Morgan fingerprint density at radius 1 is 0.964 bits per heavy atom. The molecular weight excluding hydrogens is 376 g/mol. The largest absolute Gasteiger partial charge is 0.490 e. The minimum atomic E-state index is -4.18. The molecule has 0 bridgehead atoms. The van der Waals surface area contributed by atoms with Gasteiger partial charge in [-0.25, -0.2) is 0 Å². The maximum atomic E-state index is 11.1. The van der Waals surface area contributed by atoms with Gasteiger partial charge >= 0.3 is 0 Å². The lowest BCUT2D eigenvalue weighted by Crippen LogP contribution is -2.31. The summed E-state index contributed by atoms with van der Waals surface area (Å²) in [5.74, 6) is 2.03. The zero-order chi connectivity index (χ0) is 20.1. The van der Waals surface area contributed by atoms with E-state index >= 15 is 0 Å². The van der Waals surface area contributed by atoms with Crippen LogP contribution in [0.2, 0.25) is 0 Å². The van der Waals surface area contributed by atoms with E-state index in [-0.39, 0.29) is 17.1 Å². The molecule has 0 heterocycles. The van der Waals surface area contributed by atoms with Crippen molar-refractivity contribution in [2.24, 2.45) is 0 Å². The van der Waals surface area contributed by atoms with E-state index in [0.717, 1.165) is 37.9 Å². The molecule has 1 N–H and O–H groups in total. The molecule has 6 heteroatoms. The molecule has 0 spiro atoms. The van der Waals surface area contributed by atoms with Crippen molar-refractivity contribution in [2.75, 3.05) is 0 Å². The first kappa shape index (κ1) is 20.7. The van der Waals surface area contributed by atoms with Crippen molar-refractivity contribution in [3.63, 3.8) is 0 Å². The van der Waals surface area contributed by atoms with Crippen LogP contribution in [-0.4, -0.2) is 25.2 Å². The second-order valence-electron chi connectivity index (χ2n) is 7.47. The number of ether oxygens (including phenoxy) is 2. The molecule has 1 saturated carbocycles. The molecule has 0 saturated heterocycles. The molecule has 5 nitrogen and oxygen atoms in total. The molecule has 0 amide bonds. The lowest BCUT2D eigenvalue weighted by molar-refractivity contribution is 0.0680. The molecule has 2 aromatic rings. The van der Waals surface area contributed by atoms with Crippen LogP contribution in [-0.2, 0) is 10.1 Å². The fourth-order valence-electron chi connectivity index (χ4n) is 3.50. The Bertz CT molecular complexity index is 859. The van der Waals surface area contributed by atoms with Crippen molar-refractivity contribution in [3.05, 3.63) is 54.1 Å². The molecule has 28 heavy (non-hydrogen) atoms. The van der Waals surface area contributed by atoms with Gasteiger partial charge in [-0.1, -0.05) is 26.0 Å². The van der Waals surface area contributed by atoms with E-state index in [1.54, 1.807) is 12.1 Å². The summed E-state index contributed by atoms with van der Waals surface area (Å²) in [7, 11) is -4.18. The minimum Gasteiger partial charge on any atom is -0.490 e. The SMILES string of the molecule is CCC(C)c1ccc(OC2CCCC(Oc3ccc(S(=O)(=O)O)cc3)C2)cc1. The highest BCUT2D eigenvalue weighted by Gasteiger charge is 2.25. The lowest BCUT2D eigenvalue weighted by Gasteiger charge is -2.30. The van der Waals surface area contributed by atoms with Gasteiger partial charge in [0.1, 0.15) is 23.7 Å². The second kappa shape index (κ2) is 8.97. The van der Waals surface area contributed by atoms with Gasteiger partial charge in [-0.2, -0.15) is 8.42 Å². The smallest absolute Gasteiger partial charge is 0.294 e. The molecule has 1 aliphatic carbocycles. The summed E-state index contributed by atoms with van der Waals surface area (Å²) >= 11 is 0. The Balaban J connectivity index is 1.56. The van der Waals surface area contributed by atoms with Crippen LogP contribution < -0.4 is 9.47 Å². The summed E-state index contributed by atoms with van der Waals surface area (Å²) < 4.78 is 43.5. The van der Waals surface area contributed by atoms with Crippen LogP contribution in [0.4, 0.5) is 0 Å². The van der Waals surface area contributed by atoms with E-state index in [0.29, 0.717) is 11.7 Å². The summed E-state index contributed by atoms with van der Waals surface area (Å²) in [4.78, 5) is -0.134. The van der Waals surface area contributed by atoms with Crippen LogP contribution in [0, 0.1) is 0 Å². The van der Waals surface area contributed by atoms with Gasteiger partial charge in [0.25, 0.3) is 10.1 Å². The lowest BCUT2D eigenvalue weighted by atomic mass is 9.94. The molecule has 1 fully saturated rings. The average Bonchev–Trinajstić information content (AvgIpc) is 2.68. The first-order valence-corrected chi connectivity index (χ1v) is 11.3. The fourth-order valence-corrected chi connectivity index (χ4v) is 3.98. The van der Waals surface area contributed by atoms with Crippen LogP contribution in [0.5, 0.6) is 11.5 Å². The summed E-state index contributed by atoms with van der Waals surface area (Å²) in [6, 6.07) is 14.2. The van der Waals surface area contributed by atoms with Gasteiger partial charge in [0.15, 0.2) is 0 Å². The number of hydrogen-bond acceptors (Lipinski definition) is 4. The second-order valence-corrected chi connectivity index (χ2v) is 8.89. The average molecular weight is 405 g/mol. The summed E-state index contributed by atoms with van der Waals surface area (Å²) in [5.41, 5.74) is 1.33. The highest BCUT2D eigenvalue weighted by molar-refractivity contribution is 7.85. The molecule has 3 rings (SSSR count). The zero-order valence-corrected chi connectivity index (χ0v) is 17.2. The Morgan fingerprint density at radius 2 is 1.46 bits per heavy atom. The van der Waals surface area contributed by atoms with Gasteiger partial charge < -0.3 is 9.47 Å². The maximum Gasteiger partial charge on any atom is 0.294 e. The van der Waals surface area contributed by atoms with Gasteiger partial charge in [0.05, 0.1) is 4.90 Å². The van der Waals surface area contributed by atoms with Crippen LogP contribution in [0.3, 0.4) is 0 Å². The molecule has 3 atom stereocenters. The van der Waals surface area contributed by atoms with Gasteiger partial charge in [0.2, 0.25) is 0 Å². The van der Waals surface area contributed by atoms with E-state index in [9.17, 15) is 8.42 Å². The molecule has 0 aromatic heterocycles. The first-order valence-electron chi connectivity index (χ1n) is 9.86. The van der Waals surface area contributed by atoms with Crippen molar-refractivity contribution < 1.29 is 22.4 Å². The minimum absolute atomic E-state index is 0.0229. The molecule has 152 valence electrons. The summed E-state index contributed by atoms with van der Waals surface area (Å²) in [6.07, 6.45) is 4.98.